The first-order valence-electron chi connectivity index (χ1n) is 9.57. The maximum atomic E-state index is 13.5. The first-order chi connectivity index (χ1) is 15.4. The van der Waals surface area contributed by atoms with E-state index < -0.39 is 11.8 Å². The first-order valence-corrected chi connectivity index (χ1v) is 10.3. The maximum Gasteiger partial charge on any atom is 0.282 e. The second kappa shape index (κ2) is 8.94. The average molecular weight is 469 g/mol. The lowest BCUT2D eigenvalue weighted by atomic mass is 10.0. The summed E-state index contributed by atoms with van der Waals surface area (Å²) in [4.78, 5) is 28.1. The largest absolute Gasteiger partial charge is 0.496 e. The summed E-state index contributed by atoms with van der Waals surface area (Å²) in [6, 6.07) is 18.5. The van der Waals surface area contributed by atoms with E-state index in [1.807, 2.05) is 0 Å². The predicted molar refractivity (Wildman–Crippen MR) is 125 cm³/mol. The molecule has 0 unspecified atom stereocenters. The number of anilines is 2. The van der Waals surface area contributed by atoms with Crippen LogP contribution in [0.25, 0.3) is 5.57 Å². The van der Waals surface area contributed by atoms with Gasteiger partial charge in [-0.15, -0.1) is 0 Å². The van der Waals surface area contributed by atoms with E-state index in [0.29, 0.717) is 38.5 Å². The fourth-order valence-electron chi connectivity index (χ4n) is 3.46. The normalized spacial score (nSPS) is 13.6. The number of imide groups is 1. The molecule has 0 saturated carbocycles. The monoisotopic (exact) mass is 468 g/mol. The number of carbonyl (C=O) groups is 2. The molecule has 1 heterocycles. The fourth-order valence-corrected chi connectivity index (χ4v) is 3.84. The highest BCUT2D eigenvalue weighted by molar-refractivity contribution is 6.46. The summed E-state index contributed by atoms with van der Waals surface area (Å²) in [5.41, 5.74) is 1.72. The van der Waals surface area contributed by atoms with Crippen LogP contribution in [0.2, 0.25) is 10.0 Å². The highest BCUT2D eigenvalue weighted by atomic mass is 35.5. The Kier molecular flexibility index (Phi) is 6.08. The van der Waals surface area contributed by atoms with Crippen LogP contribution >= 0.6 is 23.2 Å². The van der Waals surface area contributed by atoms with Crippen LogP contribution in [0.1, 0.15) is 5.56 Å². The first kappa shape index (κ1) is 21.7. The Morgan fingerprint density at radius 3 is 2.16 bits per heavy atom. The number of halogens is 2. The number of benzene rings is 3. The van der Waals surface area contributed by atoms with Gasteiger partial charge in [0.15, 0.2) is 0 Å². The topological polar surface area (TPSA) is 67.9 Å². The van der Waals surface area contributed by atoms with Gasteiger partial charge < -0.3 is 14.8 Å². The standard InChI is InChI=1S/C24H18Cl2N2O4/c1-31-19-6-4-3-5-17(19)21-22(27-15-9-12-20(32-2)18(26)13-15)24(30)28(23(21)29)16-10-7-14(25)8-11-16/h3-13,27H,1-2H3. The number of carbonyl (C=O) groups excluding carboxylic acids is 2. The zero-order valence-corrected chi connectivity index (χ0v) is 18.7. The number of nitrogens with zero attached hydrogens (tertiary/aromatic N) is 1. The SMILES string of the molecule is COc1ccc(NC2=C(c3ccccc3OC)C(=O)N(c3ccc(Cl)cc3)C2=O)cc1Cl. The van der Waals surface area contributed by atoms with Gasteiger partial charge in [-0.2, -0.15) is 0 Å². The summed E-state index contributed by atoms with van der Waals surface area (Å²) in [6.45, 7) is 0. The van der Waals surface area contributed by atoms with Gasteiger partial charge in [0, 0.05) is 16.3 Å². The van der Waals surface area contributed by atoms with Crippen molar-refractivity contribution in [3.8, 4) is 11.5 Å². The number of hydrogen-bond donors (Lipinski definition) is 1. The van der Waals surface area contributed by atoms with Gasteiger partial charge >= 0.3 is 0 Å². The molecule has 3 aromatic rings. The summed E-state index contributed by atoms with van der Waals surface area (Å²) >= 11 is 12.2. The van der Waals surface area contributed by atoms with Gasteiger partial charge in [-0.25, -0.2) is 4.90 Å². The lowest BCUT2D eigenvalue weighted by Crippen LogP contribution is -2.32. The quantitative estimate of drug-likeness (QED) is 0.490. The molecule has 3 aromatic carbocycles. The Hall–Kier alpha value is -3.48. The molecule has 0 bridgehead atoms. The molecule has 0 saturated heterocycles. The van der Waals surface area contributed by atoms with Gasteiger partial charge in [0.25, 0.3) is 11.8 Å². The van der Waals surface area contributed by atoms with Crippen LogP contribution < -0.4 is 19.7 Å². The zero-order valence-electron chi connectivity index (χ0n) is 17.2. The molecular formula is C24H18Cl2N2O4. The molecule has 1 aliphatic heterocycles. The minimum Gasteiger partial charge on any atom is -0.496 e. The van der Waals surface area contributed by atoms with Crippen molar-refractivity contribution in [1.29, 1.82) is 0 Å². The third-order valence-corrected chi connectivity index (χ3v) is 5.51. The molecule has 0 aromatic heterocycles. The van der Waals surface area contributed by atoms with Gasteiger partial charge in [-0.1, -0.05) is 41.4 Å². The molecule has 1 aliphatic rings. The molecule has 8 heteroatoms. The van der Waals surface area contributed by atoms with E-state index in [1.54, 1.807) is 66.7 Å². The lowest BCUT2D eigenvalue weighted by molar-refractivity contribution is -0.120. The molecule has 1 N–H and O–H groups in total. The Labute approximate surface area is 195 Å². The van der Waals surface area contributed by atoms with Crippen molar-refractivity contribution >= 4 is 52.0 Å². The predicted octanol–water partition coefficient (Wildman–Crippen LogP) is 5.41. The highest BCUT2D eigenvalue weighted by Gasteiger charge is 2.41. The van der Waals surface area contributed by atoms with Crippen molar-refractivity contribution in [1.82, 2.24) is 0 Å². The van der Waals surface area contributed by atoms with E-state index >= 15 is 0 Å². The van der Waals surface area contributed by atoms with Crippen molar-refractivity contribution in [3.05, 3.63) is 88.0 Å². The number of nitrogens with one attached hydrogen (secondary N) is 1. The minimum atomic E-state index is -0.509. The zero-order chi connectivity index (χ0) is 22.8. The van der Waals surface area contributed by atoms with Crippen LogP contribution in [0, 0.1) is 0 Å². The molecule has 0 fully saturated rings. The molecule has 6 nitrogen and oxygen atoms in total. The number of amides is 2. The Balaban J connectivity index is 1.84. The summed E-state index contributed by atoms with van der Waals surface area (Å²) in [6.07, 6.45) is 0. The molecule has 0 atom stereocenters. The third kappa shape index (κ3) is 3.90. The Morgan fingerprint density at radius 2 is 1.50 bits per heavy atom. The Bertz CT molecular complexity index is 1240. The van der Waals surface area contributed by atoms with Gasteiger partial charge in [-0.05, 0) is 48.5 Å². The summed E-state index contributed by atoms with van der Waals surface area (Å²) in [5.74, 6) is -0.0319. The van der Waals surface area contributed by atoms with E-state index in [4.69, 9.17) is 32.7 Å². The van der Waals surface area contributed by atoms with Crippen molar-refractivity contribution in [2.75, 3.05) is 24.4 Å². The van der Waals surface area contributed by atoms with Crippen molar-refractivity contribution in [2.45, 2.75) is 0 Å². The minimum absolute atomic E-state index is 0.107. The second-order valence-corrected chi connectivity index (χ2v) is 7.69. The molecular weight excluding hydrogens is 451 g/mol. The molecule has 0 aliphatic carbocycles. The maximum absolute atomic E-state index is 13.5. The lowest BCUT2D eigenvalue weighted by Gasteiger charge is -2.15. The summed E-state index contributed by atoms with van der Waals surface area (Å²) in [5, 5.41) is 3.93. The smallest absolute Gasteiger partial charge is 0.282 e. The van der Waals surface area contributed by atoms with Gasteiger partial charge in [0.2, 0.25) is 0 Å². The summed E-state index contributed by atoms with van der Waals surface area (Å²) < 4.78 is 10.6. The number of rotatable bonds is 6. The van der Waals surface area contributed by atoms with E-state index in [-0.39, 0.29) is 11.3 Å². The molecule has 2 amide bonds. The van der Waals surface area contributed by atoms with Crippen LogP contribution in [-0.2, 0) is 9.59 Å². The molecule has 162 valence electrons. The molecule has 32 heavy (non-hydrogen) atoms. The van der Waals surface area contributed by atoms with Crippen molar-refractivity contribution in [2.24, 2.45) is 0 Å². The highest BCUT2D eigenvalue weighted by Crippen LogP contribution is 2.38. The fraction of sp³-hybridized carbons (Fsp3) is 0.0833. The van der Waals surface area contributed by atoms with Crippen LogP contribution in [-0.4, -0.2) is 26.0 Å². The van der Waals surface area contributed by atoms with E-state index in [1.165, 1.54) is 14.2 Å². The molecule has 0 spiro atoms. The third-order valence-electron chi connectivity index (χ3n) is 4.97. The number of para-hydroxylation sites is 1. The number of ether oxygens (including phenoxy) is 2. The van der Waals surface area contributed by atoms with Gasteiger partial charge in [0.1, 0.15) is 17.2 Å². The number of hydrogen-bond acceptors (Lipinski definition) is 5. The average Bonchev–Trinajstić information content (AvgIpc) is 3.03. The van der Waals surface area contributed by atoms with Gasteiger partial charge in [0.05, 0.1) is 30.5 Å². The summed E-state index contributed by atoms with van der Waals surface area (Å²) in [7, 11) is 3.02. The van der Waals surface area contributed by atoms with Crippen LogP contribution in [0.15, 0.2) is 72.4 Å². The second-order valence-electron chi connectivity index (χ2n) is 6.85. The molecule has 4 rings (SSSR count). The number of methoxy groups -OCH3 is 2. The van der Waals surface area contributed by atoms with Crippen molar-refractivity contribution in [3.63, 3.8) is 0 Å². The van der Waals surface area contributed by atoms with E-state index in [2.05, 4.69) is 5.32 Å². The van der Waals surface area contributed by atoms with Crippen LogP contribution in [0.4, 0.5) is 11.4 Å². The molecule has 0 radical (unpaired) electrons. The van der Waals surface area contributed by atoms with Crippen LogP contribution in [0.5, 0.6) is 11.5 Å². The van der Waals surface area contributed by atoms with Crippen LogP contribution in [0.3, 0.4) is 0 Å². The Morgan fingerprint density at radius 1 is 0.812 bits per heavy atom. The van der Waals surface area contributed by atoms with Gasteiger partial charge in [-0.3, -0.25) is 9.59 Å². The van der Waals surface area contributed by atoms with E-state index in [9.17, 15) is 9.59 Å². The van der Waals surface area contributed by atoms with E-state index in [0.717, 1.165) is 4.90 Å². The van der Waals surface area contributed by atoms with Crippen molar-refractivity contribution < 1.29 is 19.1 Å².